The molecular weight excluding hydrogens is 260 g/mol. The fourth-order valence-corrected chi connectivity index (χ4v) is 1.82. The molecular formula is C10H12N2O5S. The smallest absolute Gasteiger partial charge is 0.326 e. The maximum absolute atomic E-state index is 11.6. The van der Waals surface area contributed by atoms with Gasteiger partial charge in [0.1, 0.15) is 11.7 Å². The summed E-state index contributed by atoms with van der Waals surface area (Å²) in [5.74, 6) is -2.99. The molecule has 0 spiro atoms. The number of aromatic nitrogens is 1. The van der Waals surface area contributed by atoms with Crippen LogP contribution in [0, 0.1) is 6.92 Å². The molecule has 0 aliphatic heterocycles. The van der Waals surface area contributed by atoms with Crippen molar-refractivity contribution < 1.29 is 24.6 Å². The summed E-state index contributed by atoms with van der Waals surface area (Å²) < 4.78 is 0. The van der Waals surface area contributed by atoms with Crippen molar-refractivity contribution in [2.24, 2.45) is 0 Å². The molecule has 0 aromatic carbocycles. The maximum atomic E-state index is 11.6. The molecule has 1 unspecified atom stereocenters. The average Bonchev–Trinajstić information content (AvgIpc) is 2.70. The number of carboxylic acids is 2. The van der Waals surface area contributed by atoms with Crippen LogP contribution in [0.3, 0.4) is 0 Å². The fraction of sp³-hybridized carbons (Fsp3) is 0.400. The maximum Gasteiger partial charge on any atom is 0.326 e. The van der Waals surface area contributed by atoms with E-state index in [4.69, 9.17) is 10.2 Å². The highest BCUT2D eigenvalue weighted by Crippen LogP contribution is 2.08. The third kappa shape index (κ3) is 4.13. The van der Waals surface area contributed by atoms with E-state index in [9.17, 15) is 14.4 Å². The third-order valence-electron chi connectivity index (χ3n) is 2.10. The summed E-state index contributed by atoms with van der Waals surface area (Å²) in [6.45, 7) is 1.72. The Morgan fingerprint density at radius 1 is 1.44 bits per heavy atom. The summed E-state index contributed by atoms with van der Waals surface area (Å²) in [6, 6.07) is -1.23. The van der Waals surface area contributed by atoms with Gasteiger partial charge in [-0.25, -0.2) is 9.78 Å². The highest BCUT2D eigenvalue weighted by atomic mass is 32.1. The Balaban J connectivity index is 2.63. The van der Waals surface area contributed by atoms with Gasteiger partial charge in [0, 0.05) is 11.8 Å². The van der Waals surface area contributed by atoms with Gasteiger partial charge in [0.2, 0.25) is 0 Å². The van der Waals surface area contributed by atoms with Gasteiger partial charge in [-0.15, -0.1) is 11.3 Å². The zero-order valence-corrected chi connectivity index (χ0v) is 10.4. The van der Waals surface area contributed by atoms with Crippen molar-refractivity contribution in [3.63, 3.8) is 0 Å². The standard InChI is InChI=1S/C10H12N2O5S/c1-5-11-7(4-18-5)9(15)12-6(10(16)17)2-3-8(13)14/h4,6H,2-3H2,1H3,(H,12,15)(H,13,14)(H,16,17). The van der Waals surface area contributed by atoms with E-state index in [0.29, 0.717) is 5.01 Å². The molecule has 1 aromatic heterocycles. The molecule has 1 aromatic rings. The quantitative estimate of drug-likeness (QED) is 0.694. The first-order chi connectivity index (χ1) is 8.40. The number of hydrogen-bond donors (Lipinski definition) is 3. The molecule has 0 bridgehead atoms. The molecule has 1 rings (SSSR count). The Bertz CT molecular complexity index is 471. The summed E-state index contributed by atoms with van der Waals surface area (Å²) in [6.07, 6.45) is -0.493. The summed E-state index contributed by atoms with van der Waals surface area (Å²) in [5.41, 5.74) is 0.138. The number of thiazole rings is 1. The summed E-state index contributed by atoms with van der Waals surface area (Å²) >= 11 is 1.27. The van der Waals surface area contributed by atoms with Crippen molar-refractivity contribution in [3.05, 3.63) is 16.1 Å². The second kappa shape index (κ2) is 6.10. The number of nitrogens with zero attached hydrogens (tertiary/aromatic N) is 1. The molecule has 0 aliphatic rings. The first kappa shape index (κ1) is 14.1. The number of carboxylic acid groups (broad SMARTS) is 2. The summed E-state index contributed by atoms with van der Waals surface area (Å²) in [5, 5.41) is 21.8. The van der Waals surface area contributed by atoms with Crippen molar-refractivity contribution >= 4 is 29.2 Å². The number of aliphatic carboxylic acids is 2. The molecule has 0 aliphatic carbocycles. The number of amides is 1. The first-order valence-corrected chi connectivity index (χ1v) is 5.95. The number of aryl methyl sites for hydroxylation is 1. The van der Waals surface area contributed by atoms with Crippen molar-refractivity contribution in [3.8, 4) is 0 Å². The Hall–Kier alpha value is -1.96. The minimum atomic E-state index is -1.27. The van der Waals surface area contributed by atoms with Crippen molar-refractivity contribution in [1.82, 2.24) is 10.3 Å². The first-order valence-electron chi connectivity index (χ1n) is 5.07. The number of hydrogen-bond acceptors (Lipinski definition) is 5. The van der Waals surface area contributed by atoms with Gasteiger partial charge < -0.3 is 15.5 Å². The third-order valence-corrected chi connectivity index (χ3v) is 2.88. The van der Waals surface area contributed by atoms with Gasteiger partial charge in [0.05, 0.1) is 5.01 Å². The van der Waals surface area contributed by atoms with Gasteiger partial charge in [0.15, 0.2) is 0 Å². The van der Waals surface area contributed by atoms with Crippen LogP contribution in [0.25, 0.3) is 0 Å². The van der Waals surface area contributed by atoms with E-state index in [2.05, 4.69) is 10.3 Å². The largest absolute Gasteiger partial charge is 0.481 e. The number of rotatable bonds is 6. The highest BCUT2D eigenvalue weighted by Gasteiger charge is 2.22. The van der Waals surface area contributed by atoms with Crippen LogP contribution in [0.2, 0.25) is 0 Å². The van der Waals surface area contributed by atoms with Crippen molar-refractivity contribution in [1.29, 1.82) is 0 Å². The van der Waals surface area contributed by atoms with Crippen molar-refractivity contribution in [2.45, 2.75) is 25.8 Å². The SMILES string of the molecule is Cc1nc(C(=O)NC(CCC(=O)O)C(=O)O)cs1. The topological polar surface area (TPSA) is 117 Å². The Kier molecular flexibility index (Phi) is 4.78. The van der Waals surface area contributed by atoms with Gasteiger partial charge in [-0.2, -0.15) is 0 Å². The zero-order chi connectivity index (χ0) is 13.7. The second-order valence-corrected chi connectivity index (χ2v) is 4.61. The number of carbonyl (C=O) groups is 3. The van der Waals surface area contributed by atoms with E-state index in [1.165, 1.54) is 16.7 Å². The molecule has 3 N–H and O–H groups in total. The van der Waals surface area contributed by atoms with Crippen LogP contribution >= 0.6 is 11.3 Å². The van der Waals surface area contributed by atoms with Crippen LogP contribution in [0.1, 0.15) is 28.3 Å². The minimum absolute atomic E-state index is 0.138. The van der Waals surface area contributed by atoms with Gasteiger partial charge in [-0.3, -0.25) is 9.59 Å². The van der Waals surface area contributed by atoms with E-state index in [1.54, 1.807) is 6.92 Å². The lowest BCUT2D eigenvalue weighted by molar-refractivity contribution is -0.140. The molecule has 98 valence electrons. The molecule has 1 amide bonds. The predicted molar refractivity (Wildman–Crippen MR) is 62.6 cm³/mol. The van der Waals surface area contributed by atoms with Gasteiger partial charge in [0.25, 0.3) is 5.91 Å². The highest BCUT2D eigenvalue weighted by molar-refractivity contribution is 7.09. The van der Waals surface area contributed by atoms with Crippen LogP contribution in [0.5, 0.6) is 0 Å². The Morgan fingerprint density at radius 3 is 2.56 bits per heavy atom. The lowest BCUT2D eigenvalue weighted by atomic mass is 10.1. The molecule has 0 radical (unpaired) electrons. The fourth-order valence-electron chi connectivity index (χ4n) is 1.23. The van der Waals surface area contributed by atoms with Crippen LogP contribution in [0.4, 0.5) is 0 Å². The van der Waals surface area contributed by atoms with Crippen LogP contribution < -0.4 is 5.32 Å². The molecule has 7 nitrogen and oxygen atoms in total. The van der Waals surface area contributed by atoms with E-state index in [1.807, 2.05) is 0 Å². The number of carbonyl (C=O) groups excluding carboxylic acids is 1. The molecule has 0 saturated carbocycles. The second-order valence-electron chi connectivity index (χ2n) is 3.55. The molecule has 0 fully saturated rings. The van der Waals surface area contributed by atoms with E-state index < -0.39 is 23.9 Å². The van der Waals surface area contributed by atoms with Crippen LogP contribution in [-0.2, 0) is 9.59 Å². The van der Waals surface area contributed by atoms with Crippen molar-refractivity contribution in [2.75, 3.05) is 0 Å². The van der Waals surface area contributed by atoms with Gasteiger partial charge >= 0.3 is 11.9 Å². The average molecular weight is 272 g/mol. The predicted octanol–water partition coefficient (Wildman–Crippen LogP) is 0.499. The minimum Gasteiger partial charge on any atom is -0.481 e. The summed E-state index contributed by atoms with van der Waals surface area (Å²) in [7, 11) is 0. The zero-order valence-electron chi connectivity index (χ0n) is 9.54. The molecule has 8 heteroatoms. The normalized spacial score (nSPS) is 11.8. The lowest BCUT2D eigenvalue weighted by Crippen LogP contribution is -2.41. The monoisotopic (exact) mass is 272 g/mol. The molecule has 0 saturated heterocycles. The Morgan fingerprint density at radius 2 is 2.11 bits per heavy atom. The van der Waals surface area contributed by atoms with E-state index >= 15 is 0 Å². The number of nitrogens with one attached hydrogen (secondary N) is 1. The van der Waals surface area contributed by atoms with E-state index in [-0.39, 0.29) is 18.5 Å². The van der Waals surface area contributed by atoms with E-state index in [0.717, 1.165) is 0 Å². The molecule has 1 heterocycles. The lowest BCUT2D eigenvalue weighted by Gasteiger charge is -2.12. The Labute approximate surface area is 106 Å². The van der Waals surface area contributed by atoms with Crippen LogP contribution in [0.15, 0.2) is 5.38 Å². The molecule has 18 heavy (non-hydrogen) atoms. The van der Waals surface area contributed by atoms with Crippen LogP contribution in [-0.4, -0.2) is 39.1 Å². The summed E-state index contributed by atoms with van der Waals surface area (Å²) in [4.78, 5) is 36.8. The molecule has 1 atom stereocenters. The van der Waals surface area contributed by atoms with Gasteiger partial charge in [-0.05, 0) is 13.3 Å². The van der Waals surface area contributed by atoms with Gasteiger partial charge in [-0.1, -0.05) is 0 Å².